The molecule has 0 amide bonds. The lowest BCUT2D eigenvalue weighted by Crippen LogP contribution is -2.17. The molecule has 0 aliphatic carbocycles. The van der Waals surface area contributed by atoms with Crippen molar-refractivity contribution in [3.8, 4) is 0 Å². The van der Waals surface area contributed by atoms with Gasteiger partial charge in [-0.1, -0.05) is 0 Å². The number of likely N-dealkylation sites (N-methyl/N-ethyl adjacent to an activating group) is 1. The van der Waals surface area contributed by atoms with E-state index in [1.54, 1.807) is 6.33 Å². The molecular formula is C10H16N4O2. The highest BCUT2D eigenvalue weighted by Gasteiger charge is 2.25. The number of hydrogen-bond acceptors (Lipinski definition) is 5. The van der Waals surface area contributed by atoms with E-state index in [9.17, 15) is 4.79 Å². The molecule has 0 aromatic carbocycles. The molecule has 1 aliphatic rings. The van der Waals surface area contributed by atoms with E-state index >= 15 is 0 Å². The Morgan fingerprint density at radius 3 is 3.00 bits per heavy atom. The molecule has 1 unspecified atom stereocenters. The summed E-state index contributed by atoms with van der Waals surface area (Å²) in [6.07, 6.45) is 2.64. The summed E-state index contributed by atoms with van der Waals surface area (Å²) in [5, 5.41) is 0. The largest absolute Gasteiger partial charge is 0.464 e. The minimum atomic E-state index is -0.484. The van der Waals surface area contributed by atoms with Crippen LogP contribution in [0, 0.1) is 0 Å². The van der Waals surface area contributed by atoms with E-state index in [1.807, 2.05) is 4.57 Å². The third-order valence-corrected chi connectivity index (χ3v) is 2.97. The number of aromatic nitrogens is 2. The second-order valence-corrected chi connectivity index (χ2v) is 4.08. The van der Waals surface area contributed by atoms with Gasteiger partial charge >= 0.3 is 5.97 Å². The highest BCUT2D eigenvalue weighted by molar-refractivity contribution is 5.92. The fourth-order valence-corrected chi connectivity index (χ4v) is 2.05. The third kappa shape index (κ3) is 1.76. The zero-order valence-corrected chi connectivity index (χ0v) is 9.51. The summed E-state index contributed by atoms with van der Waals surface area (Å²) < 4.78 is 6.47. The molecule has 1 aliphatic heterocycles. The Kier molecular flexibility index (Phi) is 2.82. The van der Waals surface area contributed by atoms with Crippen molar-refractivity contribution in [2.45, 2.75) is 12.5 Å². The Bertz CT molecular complexity index is 402. The number of ether oxygens (including phenoxy) is 1. The van der Waals surface area contributed by atoms with Crippen LogP contribution in [0.3, 0.4) is 0 Å². The van der Waals surface area contributed by atoms with Crippen molar-refractivity contribution >= 4 is 11.8 Å². The molecular weight excluding hydrogens is 208 g/mol. The zero-order valence-electron chi connectivity index (χ0n) is 9.51. The van der Waals surface area contributed by atoms with Crippen LogP contribution in [0.2, 0.25) is 0 Å². The number of methoxy groups -OCH3 is 1. The molecule has 6 nitrogen and oxygen atoms in total. The molecule has 1 saturated heterocycles. The van der Waals surface area contributed by atoms with E-state index in [2.05, 4.69) is 21.7 Å². The number of carbonyl (C=O) groups is 1. The smallest absolute Gasteiger partial charge is 0.360 e. The van der Waals surface area contributed by atoms with Crippen molar-refractivity contribution in [2.24, 2.45) is 0 Å². The maximum absolute atomic E-state index is 11.3. The van der Waals surface area contributed by atoms with Gasteiger partial charge in [-0.15, -0.1) is 0 Å². The van der Waals surface area contributed by atoms with Crippen LogP contribution >= 0.6 is 0 Å². The highest BCUT2D eigenvalue weighted by Crippen LogP contribution is 2.24. The Morgan fingerprint density at radius 2 is 2.44 bits per heavy atom. The summed E-state index contributed by atoms with van der Waals surface area (Å²) in [7, 11) is 3.39. The fraction of sp³-hybridized carbons (Fsp3) is 0.600. The van der Waals surface area contributed by atoms with Gasteiger partial charge in [-0.3, -0.25) is 0 Å². The van der Waals surface area contributed by atoms with Crippen molar-refractivity contribution in [1.82, 2.24) is 14.5 Å². The molecule has 1 atom stereocenters. The summed E-state index contributed by atoms with van der Waals surface area (Å²) >= 11 is 0. The summed E-state index contributed by atoms with van der Waals surface area (Å²) in [6, 6.07) is 0.302. The van der Waals surface area contributed by atoms with Crippen molar-refractivity contribution in [3.05, 3.63) is 12.0 Å². The van der Waals surface area contributed by atoms with Gasteiger partial charge < -0.3 is 19.9 Å². The molecule has 0 bridgehead atoms. The van der Waals surface area contributed by atoms with Gasteiger partial charge in [0.15, 0.2) is 5.69 Å². The number of anilines is 1. The first-order valence-electron chi connectivity index (χ1n) is 5.22. The molecule has 2 rings (SSSR count). The minimum absolute atomic E-state index is 0.206. The first kappa shape index (κ1) is 10.9. The third-order valence-electron chi connectivity index (χ3n) is 2.97. The van der Waals surface area contributed by atoms with E-state index < -0.39 is 5.97 Å². The van der Waals surface area contributed by atoms with E-state index in [4.69, 9.17) is 5.73 Å². The van der Waals surface area contributed by atoms with Crippen LogP contribution < -0.4 is 5.73 Å². The Hall–Kier alpha value is -1.56. The number of likely N-dealkylation sites (tertiary alicyclic amines) is 1. The molecule has 1 fully saturated rings. The summed E-state index contributed by atoms with van der Waals surface area (Å²) in [6.45, 7) is 1.97. The van der Waals surface area contributed by atoms with Crippen LogP contribution in [0.4, 0.5) is 5.82 Å². The van der Waals surface area contributed by atoms with Crippen LogP contribution in [-0.4, -0.2) is 47.7 Å². The monoisotopic (exact) mass is 224 g/mol. The maximum atomic E-state index is 11.3. The van der Waals surface area contributed by atoms with Crippen molar-refractivity contribution in [1.29, 1.82) is 0 Å². The predicted molar refractivity (Wildman–Crippen MR) is 59.1 cm³/mol. The molecule has 0 spiro atoms. The minimum Gasteiger partial charge on any atom is -0.464 e. The van der Waals surface area contributed by atoms with Crippen molar-refractivity contribution in [2.75, 3.05) is 33.0 Å². The Balaban J connectivity index is 2.23. The van der Waals surface area contributed by atoms with Gasteiger partial charge in [0.2, 0.25) is 0 Å². The van der Waals surface area contributed by atoms with Crippen LogP contribution in [0.5, 0.6) is 0 Å². The molecule has 2 N–H and O–H groups in total. The van der Waals surface area contributed by atoms with Gasteiger partial charge in [0, 0.05) is 6.54 Å². The lowest BCUT2D eigenvalue weighted by Gasteiger charge is -2.13. The van der Waals surface area contributed by atoms with Gasteiger partial charge in [0.1, 0.15) is 5.82 Å². The number of hydrogen-bond donors (Lipinski definition) is 1. The lowest BCUT2D eigenvalue weighted by molar-refractivity contribution is 0.0596. The van der Waals surface area contributed by atoms with Gasteiger partial charge in [-0.2, -0.15) is 0 Å². The van der Waals surface area contributed by atoms with E-state index in [0.717, 1.165) is 19.5 Å². The fourth-order valence-electron chi connectivity index (χ4n) is 2.05. The molecule has 6 heteroatoms. The second kappa shape index (κ2) is 4.13. The normalized spacial score (nSPS) is 21.2. The first-order valence-corrected chi connectivity index (χ1v) is 5.22. The Labute approximate surface area is 94.0 Å². The van der Waals surface area contributed by atoms with Gasteiger partial charge in [-0.05, 0) is 20.0 Å². The number of imidazole rings is 1. The average Bonchev–Trinajstić information content (AvgIpc) is 2.83. The van der Waals surface area contributed by atoms with Gasteiger partial charge in [-0.25, -0.2) is 9.78 Å². The van der Waals surface area contributed by atoms with Crippen LogP contribution in [0.1, 0.15) is 23.0 Å². The number of nitrogen functional groups attached to an aromatic ring is 1. The van der Waals surface area contributed by atoms with Crippen molar-refractivity contribution < 1.29 is 9.53 Å². The number of esters is 1. The van der Waals surface area contributed by atoms with E-state index in [0.29, 0.717) is 11.9 Å². The quantitative estimate of drug-likeness (QED) is 0.723. The molecule has 88 valence electrons. The Morgan fingerprint density at radius 1 is 1.69 bits per heavy atom. The SMILES string of the molecule is COC(=O)c1ncn(C2CCN(C)C2)c1N. The zero-order chi connectivity index (χ0) is 11.7. The molecule has 2 heterocycles. The van der Waals surface area contributed by atoms with Gasteiger partial charge in [0.25, 0.3) is 0 Å². The van der Waals surface area contributed by atoms with Gasteiger partial charge in [0.05, 0.1) is 19.5 Å². The van der Waals surface area contributed by atoms with Crippen LogP contribution in [0.15, 0.2) is 6.33 Å². The maximum Gasteiger partial charge on any atom is 0.360 e. The topological polar surface area (TPSA) is 73.4 Å². The molecule has 1 aromatic heterocycles. The average molecular weight is 224 g/mol. The number of carbonyl (C=O) groups excluding carboxylic acids is 1. The first-order chi connectivity index (χ1) is 7.63. The van der Waals surface area contributed by atoms with E-state index in [1.165, 1.54) is 7.11 Å². The number of nitrogens with zero attached hydrogens (tertiary/aromatic N) is 3. The molecule has 0 saturated carbocycles. The molecule has 16 heavy (non-hydrogen) atoms. The summed E-state index contributed by atoms with van der Waals surface area (Å²) in [5.74, 6) is -0.0882. The van der Waals surface area contributed by atoms with Crippen LogP contribution in [0.25, 0.3) is 0 Å². The number of rotatable bonds is 2. The lowest BCUT2D eigenvalue weighted by atomic mass is 10.2. The van der Waals surface area contributed by atoms with Crippen LogP contribution in [-0.2, 0) is 4.74 Å². The van der Waals surface area contributed by atoms with E-state index in [-0.39, 0.29) is 5.69 Å². The second-order valence-electron chi connectivity index (χ2n) is 4.08. The summed E-state index contributed by atoms with van der Waals surface area (Å²) in [5.41, 5.74) is 6.09. The highest BCUT2D eigenvalue weighted by atomic mass is 16.5. The molecule has 1 aromatic rings. The molecule has 0 radical (unpaired) electrons. The van der Waals surface area contributed by atoms with Crippen molar-refractivity contribution in [3.63, 3.8) is 0 Å². The number of nitrogens with two attached hydrogens (primary N) is 1. The predicted octanol–water partition coefficient (Wildman–Crippen LogP) is 0.129. The summed E-state index contributed by atoms with van der Waals surface area (Å²) in [4.78, 5) is 17.6. The standard InChI is InChI=1S/C10H16N4O2/c1-13-4-3-7(5-13)14-6-12-8(9(14)11)10(15)16-2/h6-7H,3-5,11H2,1-2H3.